The average molecular weight is 312 g/mol. The van der Waals surface area contributed by atoms with Crippen molar-refractivity contribution in [1.82, 2.24) is 5.43 Å². The molecule has 2 rings (SSSR count). The second-order valence-corrected chi connectivity index (χ2v) is 4.83. The number of carbonyl (C=O) groups excluding carboxylic acids is 3. The molecule has 0 aliphatic carbocycles. The number of primary amides is 1. The van der Waals surface area contributed by atoms with Gasteiger partial charge in [0, 0.05) is 5.69 Å². The number of hydrogen-bond acceptors (Lipinski definition) is 4. The Morgan fingerprint density at radius 3 is 2.17 bits per heavy atom. The van der Waals surface area contributed by atoms with E-state index in [0.29, 0.717) is 5.69 Å². The molecule has 0 bridgehead atoms. The molecule has 0 aliphatic rings. The number of nitrogens with one attached hydrogen (secondary N) is 1. The highest BCUT2D eigenvalue weighted by Crippen LogP contribution is 2.29. The normalized spacial score (nSPS) is 10.0. The summed E-state index contributed by atoms with van der Waals surface area (Å²) in [7, 11) is 0. The van der Waals surface area contributed by atoms with Gasteiger partial charge in [0.1, 0.15) is 0 Å². The van der Waals surface area contributed by atoms with Gasteiger partial charge in [0.2, 0.25) is 0 Å². The lowest BCUT2D eigenvalue weighted by molar-refractivity contribution is -0.135. The first-order valence-corrected chi connectivity index (χ1v) is 6.76. The largest absolute Gasteiger partial charge is 0.361 e. The van der Waals surface area contributed by atoms with Crippen LogP contribution in [0.2, 0.25) is 0 Å². The zero-order valence-electron chi connectivity index (χ0n) is 12.4. The Kier molecular flexibility index (Phi) is 4.72. The molecule has 0 spiro atoms. The van der Waals surface area contributed by atoms with Gasteiger partial charge in [-0.15, -0.1) is 0 Å². The van der Waals surface area contributed by atoms with Gasteiger partial charge in [-0.3, -0.25) is 24.7 Å². The number of benzene rings is 2. The van der Waals surface area contributed by atoms with Gasteiger partial charge in [0.05, 0.1) is 11.3 Å². The lowest BCUT2D eigenvalue weighted by atomic mass is 10.1. The van der Waals surface area contributed by atoms with Crippen molar-refractivity contribution >= 4 is 29.1 Å². The summed E-state index contributed by atoms with van der Waals surface area (Å²) in [6.07, 6.45) is 0. The molecule has 2 aromatic rings. The number of nitrogens with two attached hydrogens (primary N) is 2. The monoisotopic (exact) mass is 312 g/mol. The van der Waals surface area contributed by atoms with Crippen LogP contribution in [0, 0.1) is 6.92 Å². The van der Waals surface area contributed by atoms with Gasteiger partial charge < -0.3 is 5.73 Å². The van der Waals surface area contributed by atoms with E-state index in [1.54, 1.807) is 36.4 Å². The van der Waals surface area contributed by atoms with Crippen molar-refractivity contribution in [2.75, 3.05) is 4.90 Å². The molecule has 7 heteroatoms. The van der Waals surface area contributed by atoms with Crippen molar-refractivity contribution in [3.8, 4) is 0 Å². The predicted molar refractivity (Wildman–Crippen MR) is 85.6 cm³/mol. The summed E-state index contributed by atoms with van der Waals surface area (Å²) >= 11 is 0. The van der Waals surface area contributed by atoms with Crippen LogP contribution in [0.5, 0.6) is 0 Å². The summed E-state index contributed by atoms with van der Waals surface area (Å²) in [5.74, 6) is 2.50. The Labute approximate surface area is 132 Å². The lowest BCUT2D eigenvalue weighted by Gasteiger charge is -2.23. The van der Waals surface area contributed by atoms with E-state index in [1.807, 2.05) is 12.3 Å². The molecule has 2 aromatic carbocycles. The number of rotatable bonds is 3. The van der Waals surface area contributed by atoms with E-state index < -0.39 is 17.7 Å². The molecule has 0 aliphatic heterocycles. The van der Waals surface area contributed by atoms with E-state index in [2.05, 4.69) is 0 Å². The molecule has 5 N–H and O–H groups in total. The number of anilines is 2. The minimum Gasteiger partial charge on any atom is -0.361 e. The quantitative estimate of drug-likeness (QED) is 0.335. The van der Waals surface area contributed by atoms with Crippen molar-refractivity contribution in [3.63, 3.8) is 0 Å². The van der Waals surface area contributed by atoms with Crippen LogP contribution in [-0.2, 0) is 9.59 Å². The van der Waals surface area contributed by atoms with E-state index in [9.17, 15) is 14.4 Å². The van der Waals surface area contributed by atoms with Gasteiger partial charge in [0.15, 0.2) is 0 Å². The number of nitrogen functional groups attached to an aromatic ring is 1. The molecule has 0 heterocycles. The average Bonchev–Trinajstić information content (AvgIpc) is 2.56. The molecule has 23 heavy (non-hydrogen) atoms. The van der Waals surface area contributed by atoms with E-state index in [1.165, 1.54) is 12.1 Å². The highest BCUT2D eigenvalue weighted by atomic mass is 16.2. The molecular formula is C16H16N4O3. The fourth-order valence-corrected chi connectivity index (χ4v) is 2.11. The molecule has 0 saturated heterocycles. The number of aryl methyl sites for hydroxylation is 1. The van der Waals surface area contributed by atoms with Crippen molar-refractivity contribution in [2.45, 2.75) is 6.92 Å². The second kappa shape index (κ2) is 6.71. The van der Waals surface area contributed by atoms with Crippen LogP contribution in [0.15, 0.2) is 48.5 Å². The van der Waals surface area contributed by atoms with Crippen molar-refractivity contribution < 1.29 is 14.4 Å². The second-order valence-electron chi connectivity index (χ2n) is 4.83. The summed E-state index contributed by atoms with van der Waals surface area (Å²) in [6, 6.07) is 13.2. The third-order valence-electron chi connectivity index (χ3n) is 3.23. The molecule has 0 fully saturated rings. The fraction of sp³-hybridized carbons (Fsp3) is 0.0625. The Morgan fingerprint density at radius 2 is 1.61 bits per heavy atom. The number of para-hydroxylation sites is 1. The zero-order valence-corrected chi connectivity index (χ0v) is 12.4. The predicted octanol–water partition coefficient (Wildman–Crippen LogP) is 0.749. The van der Waals surface area contributed by atoms with Gasteiger partial charge in [0.25, 0.3) is 5.91 Å². The van der Waals surface area contributed by atoms with Gasteiger partial charge in [-0.2, -0.15) is 0 Å². The molecule has 118 valence electrons. The molecular weight excluding hydrogens is 296 g/mol. The molecule has 0 radical (unpaired) electrons. The van der Waals surface area contributed by atoms with Crippen LogP contribution in [0.1, 0.15) is 15.9 Å². The molecule has 0 unspecified atom stereocenters. The van der Waals surface area contributed by atoms with Crippen LogP contribution in [0.4, 0.5) is 11.4 Å². The lowest BCUT2D eigenvalue weighted by Crippen LogP contribution is -2.39. The van der Waals surface area contributed by atoms with Crippen LogP contribution in [0.3, 0.4) is 0 Å². The third-order valence-corrected chi connectivity index (χ3v) is 3.23. The molecule has 7 nitrogen and oxygen atoms in total. The van der Waals surface area contributed by atoms with Gasteiger partial charge >= 0.3 is 11.8 Å². The maximum Gasteiger partial charge on any atom is 0.320 e. The number of carbonyl (C=O) groups is 3. The third kappa shape index (κ3) is 3.35. The highest BCUT2D eigenvalue weighted by Gasteiger charge is 2.26. The van der Waals surface area contributed by atoms with E-state index in [0.717, 1.165) is 10.5 Å². The van der Waals surface area contributed by atoms with Crippen molar-refractivity contribution in [3.05, 3.63) is 59.7 Å². The highest BCUT2D eigenvalue weighted by molar-refractivity contribution is 6.41. The minimum atomic E-state index is -1.13. The summed E-state index contributed by atoms with van der Waals surface area (Å²) in [5, 5.41) is 0. The molecule has 3 amide bonds. The summed E-state index contributed by atoms with van der Waals surface area (Å²) < 4.78 is 0. The number of nitrogens with zero attached hydrogens (tertiary/aromatic N) is 1. The Morgan fingerprint density at radius 1 is 1.00 bits per heavy atom. The minimum absolute atomic E-state index is 0.144. The first-order valence-electron chi connectivity index (χ1n) is 6.76. The van der Waals surface area contributed by atoms with Gasteiger partial charge in [-0.05, 0) is 31.2 Å². The Hall–Kier alpha value is -3.19. The number of amides is 3. The van der Waals surface area contributed by atoms with Crippen molar-refractivity contribution in [2.24, 2.45) is 11.6 Å². The molecule has 0 aromatic heterocycles. The Bertz CT molecular complexity index is 756. The maximum absolute atomic E-state index is 12.3. The van der Waals surface area contributed by atoms with Gasteiger partial charge in [-0.25, -0.2) is 5.84 Å². The van der Waals surface area contributed by atoms with E-state index in [-0.39, 0.29) is 11.3 Å². The summed E-state index contributed by atoms with van der Waals surface area (Å²) in [6.45, 7) is 1.89. The topological polar surface area (TPSA) is 119 Å². The van der Waals surface area contributed by atoms with Crippen molar-refractivity contribution in [1.29, 1.82) is 0 Å². The van der Waals surface area contributed by atoms with E-state index >= 15 is 0 Å². The number of hydrogen-bond donors (Lipinski definition) is 3. The van der Waals surface area contributed by atoms with E-state index in [4.69, 9.17) is 11.6 Å². The van der Waals surface area contributed by atoms with Crippen LogP contribution in [-0.4, -0.2) is 17.7 Å². The zero-order chi connectivity index (χ0) is 17.0. The summed E-state index contributed by atoms with van der Waals surface area (Å²) in [4.78, 5) is 36.7. The van der Waals surface area contributed by atoms with Crippen LogP contribution >= 0.6 is 0 Å². The standard InChI is InChI=1S/C16H16N4O3/c1-10-6-8-11(9-7-10)20(16(23)14(17)21)13-5-3-2-4-12(13)15(22)19-18/h2-9H,18H2,1H3,(H2,17,21)(H,19,22). The van der Waals surface area contributed by atoms with Crippen LogP contribution in [0.25, 0.3) is 0 Å². The maximum atomic E-state index is 12.3. The molecule has 0 saturated carbocycles. The number of hydrazine groups is 1. The summed E-state index contributed by atoms with van der Waals surface area (Å²) in [5.41, 5.74) is 8.91. The molecule has 0 atom stereocenters. The SMILES string of the molecule is Cc1ccc(N(C(=O)C(N)=O)c2ccccc2C(=O)NN)cc1. The van der Waals surface area contributed by atoms with Crippen LogP contribution < -0.4 is 21.9 Å². The smallest absolute Gasteiger partial charge is 0.320 e. The first-order chi connectivity index (χ1) is 11.0. The van der Waals surface area contributed by atoms with Gasteiger partial charge in [-0.1, -0.05) is 29.8 Å². The Balaban J connectivity index is 2.64. The first kappa shape index (κ1) is 16.2. The fourth-order valence-electron chi connectivity index (χ4n) is 2.11.